The van der Waals surface area contributed by atoms with Gasteiger partial charge in [0.2, 0.25) is 11.8 Å². The summed E-state index contributed by atoms with van der Waals surface area (Å²) in [5.41, 5.74) is 0.636. The molecule has 0 unspecified atom stereocenters. The Bertz CT molecular complexity index is 665. The standard InChI is InChI=1S/C17H18N2O5/c1-3-10-18-16(22)11(2)24-17(23)12-4-6-13(7-5-12)19-14(20)8-9-15(19)21/h3-7,11H,1,8-10H2,2H3,(H,18,22)/t11-/m1/s1. The average molecular weight is 330 g/mol. The molecule has 1 aliphatic heterocycles. The number of amides is 3. The summed E-state index contributed by atoms with van der Waals surface area (Å²) in [4.78, 5) is 48.1. The zero-order valence-corrected chi connectivity index (χ0v) is 13.3. The number of benzene rings is 1. The third kappa shape index (κ3) is 3.87. The highest BCUT2D eigenvalue weighted by atomic mass is 16.5. The Morgan fingerprint density at radius 2 is 1.83 bits per heavy atom. The third-order valence-corrected chi connectivity index (χ3v) is 3.49. The average Bonchev–Trinajstić information content (AvgIpc) is 2.91. The van der Waals surface area contributed by atoms with E-state index in [0.29, 0.717) is 5.69 Å². The van der Waals surface area contributed by atoms with Gasteiger partial charge in [-0.15, -0.1) is 6.58 Å². The first kappa shape index (κ1) is 17.4. The first-order valence-electron chi connectivity index (χ1n) is 7.49. The van der Waals surface area contributed by atoms with Gasteiger partial charge in [0.1, 0.15) is 0 Å². The van der Waals surface area contributed by atoms with E-state index in [2.05, 4.69) is 11.9 Å². The molecule has 2 rings (SSSR count). The number of rotatable bonds is 6. The molecule has 1 atom stereocenters. The van der Waals surface area contributed by atoms with Gasteiger partial charge in [-0.1, -0.05) is 6.08 Å². The second kappa shape index (κ2) is 7.54. The number of anilines is 1. The number of esters is 1. The lowest BCUT2D eigenvalue weighted by Gasteiger charge is -2.15. The second-order valence-corrected chi connectivity index (χ2v) is 5.25. The van der Waals surface area contributed by atoms with E-state index in [-0.39, 0.29) is 36.8 Å². The number of imide groups is 1. The van der Waals surface area contributed by atoms with Gasteiger partial charge < -0.3 is 10.1 Å². The lowest BCUT2D eigenvalue weighted by atomic mass is 10.2. The number of nitrogens with zero attached hydrogens (tertiary/aromatic N) is 1. The lowest BCUT2D eigenvalue weighted by Crippen LogP contribution is -2.35. The van der Waals surface area contributed by atoms with Gasteiger partial charge in [-0.25, -0.2) is 4.79 Å². The summed E-state index contributed by atoms with van der Waals surface area (Å²) in [5, 5.41) is 2.53. The van der Waals surface area contributed by atoms with Crippen LogP contribution in [0.5, 0.6) is 0 Å². The maximum atomic E-state index is 12.0. The van der Waals surface area contributed by atoms with Crippen LogP contribution in [0.2, 0.25) is 0 Å². The quantitative estimate of drug-likeness (QED) is 0.480. The molecule has 3 amide bonds. The number of nitrogens with one attached hydrogen (secondary N) is 1. The summed E-state index contributed by atoms with van der Waals surface area (Å²) < 4.78 is 5.07. The highest BCUT2D eigenvalue weighted by molar-refractivity contribution is 6.19. The zero-order valence-electron chi connectivity index (χ0n) is 13.3. The summed E-state index contributed by atoms with van der Waals surface area (Å²) in [5.74, 6) is -1.61. The maximum Gasteiger partial charge on any atom is 0.338 e. The monoisotopic (exact) mass is 330 g/mol. The zero-order chi connectivity index (χ0) is 17.7. The smallest absolute Gasteiger partial charge is 0.338 e. The van der Waals surface area contributed by atoms with Gasteiger partial charge >= 0.3 is 5.97 Å². The van der Waals surface area contributed by atoms with Crippen molar-refractivity contribution in [2.75, 3.05) is 11.4 Å². The molecule has 0 bridgehead atoms. The molecule has 1 N–H and O–H groups in total. The molecule has 126 valence electrons. The summed E-state index contributed by atoms with van der Waals surface area (Å²) in [7, 11) is 0. The molecule has 1 fully saturated rings. The molecule has 7 heteroatoms. The Balaban J connectivity index is 2.01. The van der Waals surface area contributed by atoms with Crippen LogP contribution in [0.15, 0.2) is 36.9 Å². The molecule has 0 aliphatic carbocycles. The van der Waals surface area contributed by atoms with Crippen LogP contribution < -0.4 is 10.2 Å². The fraction of sp³-hybridized carbons (Fsp3) is 0.294. The Morgan fingerprint density at radius 1 is 1.25 bits per heavy atom. The van der Waals surface area contributed by atoms with Crippen LogP contribution in [0.1, 0.15) is 30.1 Å². The molecule has 1 heterocycles. The van der Waals surface area contributed by atoms with Crippen molar-refractivity contribution < 1.29 is 23.9 Å². The molecule has 7 nitrogen and oxygen atoms in total. The van der Waals surface area contributed by atoms with E-state index in [0.717, 1.165) is 4.90 Å². The third-order valence-electron chi connectivity index (χ3n) is 3.49. The van der Waals surface area contributed by atoms with E-state index in [4.69, 9.17) is 4.74 Å². The number of hydrogen-bond acceptors (Lipinski definition) is 5. The van der Waals surface area contributed by atoms with Crippen molar-refractivity contribution in [3.8, 4) is 0 Å². The molecule has 1 saturated heterocycles. The normalized spacial score (nSPS) is 15.1. The molecular formula is C17H18N2O5. The number of carbonyl (C=O) groups excluding carboxylic acids is 4. The van der Waals surface area contributed by atoms with Gasteiger partial charge in [-0.05, 0) is 31.2 Å². The molecule has 0 saturated carbocycles. The Kier molecular flexibility index (Phi) is 5.47. The Morgan fingerprint density at radius 3 is 2.38 bits per heavy atom. The summed E-state index contributed by atoms with van der Waals surface area (Å²) in [6, 6.07) is 5.90. The highest BCUT2D eigenvalue weighted by Crippen LogP contribution is 2.23. The Labute approximate surface area is 139 Å². The van der Waals surface area contributed by atoms with E-state index in [1.807, 2.05) is 0 Å². The summed E-state index contributed by atoms with van der Waals surface area (Å²) >= 11 is 0. The van der Waals surface area contributed by atoms with E-state index in [1.54, 1.807) is 0 Å². The Hall–Kier alpha value is -2.96. The van der Waals surface area contributed by atoms with E-state index in [1.165, 1.54) is 37.3 Å². The van der Waals surface area contributed by atoms with Crippen LogP contribution in [0, 0.1) is 0 Å². The number of carbonyl (C=O) groups is 4. The first-order chi connectivity index (χ1) is 11.4. The van der Waals surface area contributed by atoms with E-state index < -0.39 is 18.0 Å². The molecule has 1 aromatic rings. The van der Waals surface area contributed by atoms with Gasteiger partial charge in [0.25, 0.3) is 5.91 Å². The molecule has 24 heavy (non-hydrogen) atoms. The fourth-order valence-corrected chi connectivity index (χ4v) is 2.21. The van der Waals surface area contributed by atoms with Crippen LogP contribution in [-0.2, 0) is 19.1 Å². The summed E-state index contributed by atoms with van der Waals surface area (Å²) in [6.45, 7) is 5.23. The molecule has 1 aliphatic rings. The van der Waals surface area contributed by atoms with Crippen molar-refractivity contribution in [1.29, 1.82) is 0 Å². The predicted molar refractivity (Wildman–Crippen MR) is 86.3 cm³/mol. The van der Waals surface area contributed by atoms with Crippen LogP contribution in [0.4, 0.5) is 5.69 Å². The van der Waals surface area contributed by atoms with Gasteiger partial charge in [-0.2, -0.15) is 0 Å². The largest absolute Gasteiger partial charge is 0.449 e. The number of ether oxygens (including phenoxy) is 1. The minimum Gasteiger partial charge on any atom is -0.449 e. The first-order valence-corrected chi connectivity index (χ1v) is 7.49. The van der Waals surface area contributed by atoms with Crippen molar-refractivity contribution >= 4 is 29.4 Å². The fourth-order valence-electron chi connectivity index (χ4n) is 2.21. The van der Waals surface area contributed by atoms with Crippen LogP contribution in [0.25, 0.3) is 0 Å². The van der Waals surface area contributed by atoms with Crippen molar-refractivity contribution in [1.82, 2.24) is 5.32 Å². The lowest BCUT2D eigenvalue weighted by molar-refractivity contribution is -0.128. The van der Waals surface area contributed by atoms with Gasteiger partial charge in [0.05, 0.1) is 11.3 Å². The maximum absolute atomic E-state index is 12.0. The molecule has 0 radical (unpaired) electrons. The van der Waals surface area contributed by atoms with Crippen molar-refractivity contribution in [2.24, 2.45) is 0 Å². The number of hydrogen-bond donors (Lipinski definition) is 1. The molecule has 1 aromatic carbocycles. The topological polar surface area (TPSA) is 92.8 Å². The molecule has 0 spiro atoms. The minimum atomic E-state index is -0.945. The minimum absolute atomic E-state index is 0.194. The van der Waals surface area contributed by atoms with Crippen LogP contribution >= 0.6 is 0 Å². The highest BCUT2D eigenvalue weighted by Gasteiger charge is 2.30. The van der Waals surface area contributed by atoms with Crippen molar-refractivity contribution in [3.05, 3.63) is 42.5 Å². The molecular weight excluding hydrogens is 312 g/mol. The van der Waals surface area contributed by atoms with Crippen molar-refractivity contribution in [2.45, 2.75) is 25.9 Å². The second-order valence-electron chi connectivity index (χ2n) is 5.25. The van der Waals surface area contributed by atoms with Gasteiger partial charge in [0.15, 0.2) is 6.10 Å². The summed E-state index contributed by atoms with van der Waals surface area (Å²) in [6.07, 6.45) is 0.963. The molecule has 0 aromatic heterocycles. The van der Waals surface area contributed by atoms with Gasteiger partial charge in [-0.3, -0.25) is 19.3 Å². The predicted octanol–water partition coefficient (Wildman–Crippen LogP) is 1.19. The van der Waals surface area contributed by atoms with Crippen molar-refractivity contribution in [3.63, 3.8) is 0 Å². The van der Waals surface area contributed by atoms with E-state index in [9.17, 15) is 19.2 Å². The SMILES string of the molecule is C=CCNC(=O)[C@@H](C)OC(=O)c1ccc(N2C(=O)CCC2=O)cc1. The van der Waals surface area contributed by atoms with E-state index >= 15 is 0 Å². The van der Waals surface area contributed by atoms with Gasteiger partial charge in [0, 0.05) is 19.4 Å². The van der Waals surface area contributed by atoms with Crippen LogP contribution in [0.3, 0.4) is 0 Å². The van der Waals surface area contributed by atoms with Crippen LogP contribution in [-0.4, -0.2) is 36.3 Å².